The van der Waals surface area contributed by atoms with Gasteiger partial charge in [-0.2, -0.15) is 0 Å². The number of rotatable bonds is 4. The van der Waals surface area contributed by atoms with Gasteiger partial charge in [-0.05, 0) is 36.6 Å². The van der Waals surface area contributed by atoms with Crippen molar-refractivity contribution in [1.82, 2.24) is 10.9 Å². The van der Waals surface area contributed by atoms with E-state index in [1.165, 1.54) is 5.56 Å². The van der Waals surface area contributed by atoms with E-state index in [1.807, 2.05) is 23.1 Å². The molecule has 0 saturated carbocycles. The molecule has 8 nitrogen and oxygen atoms in total. The summed E-state index contributed by atoms with van der Waals surface area (Å²) in [5, 5.41) is 2.71. The summed E-state index contributed by atoms with van der Waals surface area (Å²) < 4.78 is 5.59. The van der Waals surface area contributed by atoms with Crippen molar-refractivity contribution in [2.24, 2.45) is 0 Å². The summed E-state index contributed by atoms with van der Waals surface area (Å²) in [7, 11) is 0. The summed E-state index contributed by atoms with van der Waals surface area (Å²) in [5.41, 5.74) is 7.62. The lowest BCUT2D eigenvalue weighted by molar-refractivity contribution is -0.132. The van der Waals surface area contributed by atoms with Gasteiger partial charge in [-0.3, -0.25) is 25.2 Å². The number of aryl methyl sites for hydroxylation is 1. The number of hydrogen-bond donors (Lipinski definition) is 3. The van der Waals surface area contributed by atoms with E-state index in [0.717, 1.165) is 25.1 Å². The summed E-state index contributed by atoms with van der Waals surface area (Å²) in [6.45, 7) is 0.930. The van der Waals surface area contributed by atoms with E-state index >= 15 is 0 Å². The predicted molar refractivity (Wildman–Crippen MR) is 107 cm³/mol. The lowest BCUT2D eigenvalue weighted by atomic mass is 10.0. The number of hydrogen-bond acceptors (Lipinski definition) is 5. The molecule has 0 unspecified atom stereocenters. The van der Waals surface area contributed by atoms with Crippen LogP contribution in [0.3, 0.4) is 0 Å². The molecule has 1 atom stereocenters. The predicted octanol–water partition coefficient (Wildman–Crippen LogP) is 1.38. The van der Waals surface area contributed by atoms with Gasteiger partial charge in [-0.15, -0.1) is 0 Å². The molecule has 2 aromatic rings. The fraction of sp³-hybridized carbons (Fsp3) is 0.286. The Morgan fingerprint density at radius 3 is 2.72 bits per heavy atom. The minimum Gasteiger partial charge on any atom is -0.478 e. The highest BCUT2D eigenvalue weighted by molar-refractivity contribution is 6.00. The third-order valence-corrected chi connectivity index (χ3v) is 4.96. The summed E-state index contributed by atoms with van der Waals surface area (Å²) in [4.78, 5) is 38.5. The van der Waals surface area contributed by atoms with E-state index in [2.05, 4.69) is 22.2 Å². The van der Waals surface area contributed by atoms with Crippen LogP contribution in [0.2, 0.25) is 0 Å². The number of nitrogens with zero attached hydrogens (tertiary/aromatic N) is 1. The second-order valence-corrected chi connectivity index (χ2v) is 7.05. The van der Waals surface area contributed by atoms with Crippen LogP contribution in [0.5, 0.6) is 5.75 Å². The van der Waals surface area contributed by atoms with Gasteiger partial charge in [0.25, 0.3) is 11.8 Å². The zero-order valence-electron chi connectivity index (χ0n) is 15.8. The lowest BCUT2D eigenvalue weighted by Gasteiger charge is -2.30. The van der Waals surface area contributed by atoms with Gasteiger partial charge >= 0.3 is 0 Å². The van der Waals surface area contributed by atoms with E-state index in [0.29, 0.717) is 11.4 Å². The Hall–Kier alpha value is -3.55. The lowest BCUT2D eigenvalue weighted by Crippen LogP contribution is -2.49. The molecule has 3 N–H and O–H groups in total. The topological polar surface area (TPSA) is 99.8 Å². The molecule has 8 heteroatoms. The molecule has 2 heterocycles. The van der Waals surface area contributed by atoms with Crippen molar-refractivity contribution in [3.05, 3.63) is 54.1 Å². The van der Waals surface area contributed by atoms with Crippen LogP contribution in [-0.2, 0) is 20.8 Å². The number of amides is 3. The van der Waals surface area contributed by atoms with Crippen LogP contribution in [0, 0.1) is 0 Å². The molecule has 0 radical (unpaired) electrons. The van der Waals surface area contributed by atoms with Crippen molar-refractivity contribution < 1.29 is 19.1 Å². The highest BCUT2D eigenvalue weighted by Gasteiger charge is 2.29. The second-order valence-electron chi connectivity index (χ2n) is 7.05. The molecule has 0 saturated heterocycles. The highest BCUT2D eigenvalue weighted by atomic mass is 16.5. The molecule has 0 aliphatic carbocycles. The van der Waals surface area contributed by atoms with Gasteiger partial charge < -0.3 is 15.0 Å². The van der Waals surface area contributed by atoms with Crippen LogP contribution in [-0.4, -0.2) is 36.9 Å². The van der Waals surface area contributed by atoms with Crippen LogP contribution in [0.1, 0.15) is 18.4 Å². The summed E-state index contributed by atoms with van der Waals surface area (Å²) in [6, 6.07) is 15.0. The van der Waals surface area contributed by atoms with Crippen LogP contribution < -0.4 is 25.8 Å². The standard InChI is InChI=1S/C21H22N4O4/c26-19(12-18-21(28)22-15-8-2-4-10-17(15)29-18)23-24-20(27)13-25-11-5-7-14-6-1-3-9-16(14)25/h1-4,6,8-10,18H,5,7,11-13H2,(H,22,28)(H,23,26)(H,24,27)/t18-/m1/s1. The smallest absolute Gasteiger partial charge is 0.266 e. The van der Waals surface area contributed by atoms with E-state index < -0.39 is 17.9 Å². The minimum atomic E-state index is -0.948. The van der Waals surface area contributed by atoms with Gasteiger partial charge in [0, 0.05) is 12.2 Å². The Bertz CT molecular complexity index is 946. The first kappa shape index (κ1) is 18.8. The van der Waals surface area contributed by atoms with E-state index in [9.17, 15) is 14.4 Å². The maximum Gasteiger partial charge on any atom is 0.266 e. The number of fused-ring (bicyclic) bond motifs is 2. The number of ether oxygens (including phenoxy) is 1. The Balaban J connectivity index is 1.27. The molecule has 0 spiro atoms. The van der Waals surface area contributed by atoms with E-state index in [1.54, 1.807) is 24.3 Å². The van der Waals surface area contributed by atoms with E-state index in [4.69, 9.17) is 4.74 Å². The van der Waals surface area contributed by atoms with Crippen molar-refractivity contribution in [3.63, 3.8) is 0 Å². The summed E-state index contributed by atoms with van der Waals surface area (Å²) >= 11 is 0. The van der Waals surface area contributed by atoms with Crippen LogP contribution in [0.25, 0.3) is 0 Å². The zero-order valence-corrected chi connectivity index (χ0v) is 15.8. The zero-order chi connectivity index (χ0) is 20.2. The average Bonchev–Trinajstić information content (AvgIpc) is 2.73. The third-order valence-electron chi connectivity index (χ3n) is 4.96. The quantitative estimate of drug-likeness (QED) is 0.681. The van der Waals surface area contributed by atoms with Gasteiger partial charge in [0.05, 0.1) is 18.7 Å². The van der Waals surface area contributed by atoms with Gasteiger partial charge in [0.15, 0.2) is 6.10 Å². The Kier molecular flexibility index (Phi) is 5.33. The Morgan fingerprint density at radius 2 is 1.83 bits per heavy atom. The number of nitrogens with one attached hydrogen (secondary N) is 3. The van der Waals surface area contributed by atoms with Crippen molar-refractivity contribution in [2.45, 2.75) is 25.4 Å². The largest absolute Gasteiger partial charge is 0.478 e. The summed E-state index contributed by atoms with van der Waals surface area (Å²) in [6.07, 6.45) is 0.826. The number of para-hydroxylation sites is 3. The first-order valence-electron chi connectivity index (χ1n) is 9.57. The Morgan fingerprint density at radius 1 is 1.07 bits per heavy atom. The highest BCUT2D eigenvalue weighted by Crippen LogP contribution is 2.29. The molecule has 2 aromatic carbocycles. The van der Waals surface area contributed by atoms with Crippen molar-refractivity contribution in [1.29, 1.82) is 0 Å². The minimum absolute atomic E-state index is 0.144. The first-order chi connectivity index (χ1) is 14.1. The average molecular weight is 394 g/mol. The third kappa shape index (κ3) is 4.31. The molecule has 29 heavy (non-hydrogen) atoms. The van der Waals surface area contributed by atoms with Crippen molar-refractivity contribution in [2.75, 3.05) is 23.3 Å². The molecule has 150 valence electrons. The molecule has 4 rings (SSSR count). The number of anilines is 2. The van der Waals surface area contributed by atoms with E-state index in [-0.39, 0.29) is 18.9 Å². The molecule has 0 aromatic heterocycles. The van der Waals surface area contributed by atoms with Gasteiger partial charge in [-0.1, -0.05) is 30.3 Å². The maximum absolute atomic E-state index is 12.3. The normalized spacial score (nSPS) is 17.3. The van der Waals surface area contributed by atoms with Gasteiger partial charge in [0.2, 0.25) is 5.91 Å². The molecular weight excluding hydrogens is 372 g/mol. The fourth-order valence-corrected chi connectivity index (χ4v) is 3.57. The number of hydrazine groups is 1. The maximum atomic E-state index is 12.3. The van der Waals surface area contributed by atoms with Crippen LogP contribution in [0.4, 0.5) is 11.4 Å². The SMILES string of the molecule is O=C(C[C@H]1Oc2ccccc2NC1=O)NNC(=O)CN1CCCc2ccccc21. The van der Waals surface area contributed by atoms with Crippen LogP contribution in [0.15, 0.2) is 48.5 Å². The molecule has 3 amide bonds. The van der Waals surface area contributed by atoms with Gasteiger partial charge in [0.1, 0.15) is 5.75 Å². The van der Waals surface area contributed by atoms with Crippen LogP contribution >= 0.6 is 0 Å². The molecule has 0 bridgehead atoms. The molecule has 2 aliphatic rings. The molecule has 2 aliphatic heterocycles. The number of benzene rings is 2. The monoisotopic (exact) mass is 394 g/mol. The fourth-order valence-electron chi connectivity index (χ4n) is 3.57. The van der Waals surface area contributed by atoms with Crippen molar-refractivity contribution >= 4 is 29.1 Å². The number of carbonyl (C=O) groups excluding carboxylic acids is 3. The Labute approximate surface area is 168 Å². The second kappa shape index (κ2) is 8.22. The van der Waals surface area contributed by atoms with Gasteiger partial charge in [-0.25, -0.2) is 0 Å². The number of carbonyl (C=O) groups is 3. The molecule has 0 fully saturated rings. The molecular formula is C21H22N4O4. The first-order valence-corrected chi connectivity index (χ1v) is 9.57. The summed E-state index contributed by atoms with van der Waals surface area (Å²) in [5.74, 6) is -0.709. The van der Waals surface area contributed by atoms with Crippen molar-refractivity contribution in [3.8, 4) is 5.75 Å².